The number of carbonyl (C=O) groups is 4. The molecule has 9 nitrogen and oxygen atoms in total. The van der Waals surface area contributed by atoms with Gasteiger partial charge < -0.3 is 14.8 Å². The largest absolute Gasteiger partial charge is 0.423 e. The van der Waals surface area contributed by atoms with Gasteiger partial charge in [0.25, 0.3) is 0 Å². The van der Waals surface area contributed by atoms with Crippen LogP contribution in [0.5, 0.6) is 11.5 Å². The quantitative estimate of drug-likeness (QED) is 0.121. The number of hydrogen-bond donors (Lipinski definition) is 2. The van der Waals surface area contributed by atoms with Crippen LogP contribution in [0.3, 0.4) is 0 Å². The zero-order valence-corrected chi connectivity index (χ0v) is 20.8. The fourth-order valence-electron chi connectivity index (χ4n) is 3.35. The molecule has 0 bridgehead atoms. The summed E-state index contributed by atoms with van der Waals surface area (Å²) in [7, 11) is 0. The molecule has 0 aliphatic carbocycles. The Bertz CT molecular complexity index is 1540. The Labute approximate surface area is 224 Å². The van der Waals surface area contributed by atoms with Crippen LogP contribution in [0, 0.1) is 6.92 Å². The standard InChI is InChI=1S/C30H23N3O6/c1-20-10-8-9-15-25(20)32-27(34)28(35)33-31-19-23-16-17-24(38-29(36)21-11-4-2-5-12-21)18-26(23)39-30(37)22-13-6-3-7-14-22/h2-19H,1H3,(H,32,34)(H,33,35). The van der Waals surface area contributed by atoms with E-state index in [0.29, 0.717) is 16.8 Å². The van der Waals surface area contributed by atoms with E-state index in [1.165, 1.54) is 24.4 Å². The van der Waals surface area contributed by atoms with E-state index in [1.54, 1.807) is 85.8 Å². The Morgan fingerprint density at radius 1 is 0.692 bits per heavy atom. The molecule has 0 aliphatic heterocycles. The highest BCUT2D eigenvalue weighted by Crippen LogP contribution is 2.26. The molecule has 0 unspecified atom stereocenters. The molecule has 2 amide bonds. The molecule has 2 N–H and O–H groups in total. The van der Waals surface area contributed by atoms with Crippen LogP contribution >= 0.6 is 0 Å². The van der Waals surface area contributed by atoms with Crippen molar-refractivity contribution in [1.29, 1.82) is 0 Å². The molecule has 0 aliphatic rings. The van der Waals surface area contributed by atoms with Gasteiger partial charge in [0.2, 0.25) is 0 Å². The SMILES string of the molecule is Cc1ccccc1NC(=O)C(=O)NN=Cc1ccc(OC(=O)c2ccccc2)cc1OC(=O)c1ccccc1. The van der Waals surface area contributed by atoms with Gasteiger partial charge in [-0.25, -0.2) is 15.0 Å². The van der Waals surface area contributed by atoms with Crippen molar-refractivity contribution in [3.63, 3.8) is 0 Å². The molecule has 0 aromatic heterocycles. The van der Waals surface area contributed by atoms with Crippen molar-refractivity contribution in [2.75, 3.05) is 5.32 Å². The van der Waals surface area contributed by atoms with E-state index in [2.05, 4.69) is 15.8 Å². The number of para-hydroxylation sites is 1. The van der Waals surface area contributed by atoms with E-state index in [4.69, 9.17) is 9.47 Å². The predicted molar refractivity (Wildman–Crippen MR) is 145 cm³/mol. The third-order valence-corrected chi connectivity index (χ3v) is 5.39. The number of ether oxygens (including phenoxy) is 2. The highest BCUT2D eigenvalue weighted by Gasteiger charge is 2.16. The fourth-order valence-corrected chi connectivity index (χ4v) is 3.35. The van der Waals surface area contributed by atoms with Gasteiger partial charge in [0, 0.05) is 17.3 Å². The van der Waals surface area contributed by atoms with Gasteiger partial charge in [0.1, 0.15) is 11.5 Å². The number of hydrazone groups is 1. The Kier molecular flexibility index (Phi) is 8.56. The summed E-state index contributed by atoms with van der Waals surface area (Å²) in [5.41, 5.74) is 4.35. The summed E-state index contributed by atoms with van der Waals surface area (Å²) >= 11 is 0. The molecule has 0 saturated heterocycles. The predicted octanol–water partition coefficient (Wildman–Crippen LogP) is 4.52. The van der Waals surface area contributed by atoms with Gasteiger partial charge in [0.15, 0.2) is 0 Å². The first-order valence-electron chi connectivity index (χ1n) is 11.8. The Morgan fingerprint density at radius 3 is 1.92 bits per heavy atom. The number of benzene rings is 4. The Balaban J connectivity index is 1.50. The summed E-state index contributed by atoms with van der Waals surface area (Å²) in [5.74, 6) is -3.00. The molecule has 0 atom stereocenters. The van der Waals surface area contributed by atoms with E-state index in [9.17, 15) is 19.2 Å². The number of aryl methyl sites for hydroxylation is 1. The van der Waals surface area contributed by atoms with Crippen LogP contribution in [-0.4, -0.2) is 30.0 Å². The molecule has 0 heterocycles. The van der Waals surface area contributed by atoms with Crippen molar-refractivity contribution in [2.24, 2.45) is 5.10 Å². The van der Waals surface area contributed by atoms with Crippen LogP contribution in [0.25, 0.3) is 0 Å². The lowest BCUT2D eigenvalue weighted by Crippen LogP contribution is -2.32. The van der Waals surface area contributed by atoms with Gasteiger partial charge in [-0.3, -0.25) is 9.59 Å². The van der Waals surface area contributed by atoms with Gasteiger partial charge in [-0.15, -0.1) is 0 Å². The second kappa shape index (κ2) is 12.6. The Hall–Kier alpha value is -5.57. The third-order valence-electron chi connectivity index (χ3n) is 5.39. The highest BCUT2D eigenvalue weighted by atomic mass is 16.5. The number of rotatable bonds is 7. The summed E-state index contributed by atoms with van der Waals surface area (Å²) in [4.78, 5) is 49.6. The van der Waals surface area contributed by atoms with E-state index in [1.807, 2.05) is 6.07 Å². The lowest BCUT2D eigenvalue weighted by molar-refractivity contribution is -0.136. The molecule has 0 radical (unpaired) electrons. The topological polar surface area (TPSA) is 123 Å². The minimum absolute atomic E-state index is 0.0181. The Morgan fingerprint density at radius 2 is 1.28 bits per heavy atom. The van der Waals surface area contributed by atoms with Gasteiger partial charge >= 0.3 is 23.8 Å². The van der Waals surface area contributed by atoms with Crippen molar-refractivity contribution in [1.82, 2.24) is 5.43 Å². The zero-order valence-electron chi connectivity index (χ0n) is 20.8. The van der Waals surface area contributed by atoms with Crippen molar-refractivity contribution in [2.45, 2.75) is 6.92 Å². The van der Waals surface area contributed by atoms with Crippen molar-refractivity contribution < 1.29 is 28.7 Å². The van der Waals surface area contributed by atoms with Crippen LogP contribution in [0.15, 0.2) is 108 Å². The average Bonchev–Trinajstić information content (AvgIpc) is 2.96. The minimum atomic E-state index is -0.995. The molecular formula is C30H23N3O6. The van der Waals surface area contributed by atoms with E-state index in [-0.39, 0.29) is 17.1 Å². The van der Waals surface area contributed by atoms with Crippen LogP contribution in [-0.2, 0) is 9.59 Å². The number of nitrogens with one attached hydrogen (secondary N) is 2. The monoisotopic (exact) mass is 521 g/mol. The highest BCUT2D eigenvalue weighted by molar-refractivity contribution is 6.39. The normalized spacial score (nSPS) is 10.5. The summed E-state index contributed by atoms with van der Waals surface area (Å²) in [5, 5.41) is 6.33. The van der Waals surface area contributed by atoms with E-state index >= 15 is 0 Å². The van der Waals surface area contributed by atoms with Gasteiger partial charge in [-0.1, -0.05) is 54.6 Å². The zero-order chi connectivity index (χ0) is 27.6. The lowest BCUT2D eigenvalue weighted by atomic mass is 10.2. The first-order chi connectivity index (χ1) is 18.9. The second-order valence-corrected chi connectivity index (χ2v) is 8.18. The maximum absolute atomic E-state index is 12.7. The average molecular weight is 522 g/mol. The molecule has 0 saturated carbocycles. The number of anilines is 1. The molecule has 4 aromatic carbocycles. The van der Waals surface area contributed by atoms with Crippen molar-refractivity contribution in [3.05, 3.63) is 125 Å². The minimum Gasteiger partial charge on any atom is -0.423 e. The van der Waals surface area contributed by atoms with Crippen LogP contribution in [0.4, 0.5) is 5.69 Å². The molecule has 4 rings (SSSR count). The first kappa shape index (κ1) is 26.5. The summed E-state index contributed by atoms with van der Waals surface area (Å²) in [6, 6.07) is 28.1. The third kappa shape index (κ3) is 7.23. The molecule has 9 heteroatoms. The maximum Gasteiger partial charge on any atom is 0.343 e. The first-order valence-corrected chi connectivity index (χ1v) is 11.8. The molecule has 0 fully saturated rings. The molecule has 194 valence electrons. The second-order valence-electron chi connectivity index (χ2n) is 8.18. The molecule has 39 heavy (non-hydrogen) atoms. The van der Waals surface area contributed by atoms with Crippen LogP contribution in [0.1, 0.15) is 31.8 Å². The fraction of sp³-hybridized carbons (Fsp3) is 0.0333. The number of esters is 2. The molecular weight excluding hydrogens is 498 g/mol. The summed E-state index contributed by atoms with van der Waals surface area (Å²) in [6.45, 7) is 1.80. The number of carbonyl (C=O) groups excluding carboxylic acids is 4. The van der Waals surface area contributed by atoms with Gasteiger partial charge in [-0.05, 0) is 55.0 Å². The van der Waals surface area contributed by atoms with Crippen molar-refractivity contribution >= 4 is 35.7 Å². The van der Waals surface area contributed by atoms with Gasteiger partial charge in [-0.2, -0.15) is 5.10 Å². The molecule has 4 aromatic rings. The van der Waals surface area contributed by atoms with Gasteiger partial charge in [0.05, 0.1) is 17.3 Å². The summed E-state index contributed by atoms with van der Waals surface area (Å²) in [6.07, 6.45) is 1.20. The maximum atomic E-state index is 12.7. The van der Waals surface area contributed by atoms with Crippen LogP contribution < -0.4 is 20.2 Å². The van der Waals surface area contributed by atoms with Crippen molar-refractivity contribution in [3.8, 4) is 11.5 Å². The lowest BCUT2D eigenvalue weighted by Gasteiger charge is -2.11. The number of amides is 2. The van der Waals surface area contributed by atoms with Crippen LogP contribution in [0.2, 0.25) is 0 Å². The number of hydrogen-bond acceptors (Lipinski definition) is 7. The molecule has 0 spiro atoms. The smallest absolute Gasteiger partial charge is 0.343 e. The summed E-state index contributed by atoms with van der Waals surface area (Å²) < 4.78 is 11.0. The van der Waals surface area contributed by atoms with E-state index in [0.717, 1.165) is 5.56 Å². The van der Waals surface area contributed by atoms with E-state index < -0.39 is 23.8 Å². The number of nitrogens with zero attached hydrogens (tertiary/aromatic N) is 1.